The van der Waals surface area contributed by atoms with E-state index >= 15 is 0 Å². The first-order valence-corrected chi connectivity index (χ1v) is 47.4. The van der Waals surface area contributed by atoms with E-state index in [4.69, 9.17) is 33.2 Å². The minimum atomic E-state index is -0.418. The van der Waals surface area contributed by atoms with Crippen LogP contribution in [0.25, 0.3) is 0 Å². The lowest BCUT2D eigenvalue weighted by Gasteiger charge is -2.56. The van der Waals surface area contributed by atoms with Crippen LogP contribution in [0.5, 0.6) is 0 Å². The summed E-state index contributed by atoms with van der Waals surface area (Å²) in [7, 11) is 0. The van der Waals surface area contributed by atoms with Crippen molar-refractivity contribution in [3.8, 4) is 0 Å². The molecule has 0 aliphatic heterocycles. The van der Waals surface area contributed by atoms with Crippen LogP contribution in [0, 0.1) is 120 Å². The van der Waals surface area contributed by atoms with E-state index in [-0.39, 0.29) is 102 Å². The highest BCUT2D eigenvalue weighted by molar-refractivity contribution is 5.78. The van der Waals surface area contributed by atoms with E-state index in [1.165, 1.54) is 109 Å². The molecular weight excluding hydrogens is 1420 g/mol. The topological polar surface area (TPSA) is 167 Å². The average molecular weight is 1610 g/mol. The smallest absolute Gasteiger partial charge is 0.313 e. The molecule has 0 aromatic carbocycles. The minimum Gasteiger partial charge on any atom is -0.460 e. The lowest BCUT2D eigenvalue weighted by atomic mass is 9.54. The molecule has 114 heavy (non-hydrogen) atoms. The van der Waals surface area contributed by atoms with Crippen molar-refractivity contribution in [3.05, 3.63) is 0 Å². The van der Waals surface area contributed by atoms with Gasteiger partial charge in [0.15, 0.2) is 0 Å². The number of hydrogen-bond acceptors (Lipinski definition) is 13. The zero-order chi connectivity index (χ0) is 88.6. The molecule has 13 heteroatoms. The zero-order valence-electron chi connectivity index (χ0n) is 82.5. The Morgan fingerprint density at radius 3 is 1.18 bits per heavy atom. The van der Waals surface area contributed by atoms with Crippen LogP contribution in [-0.2, 0) is 61.9 Å². The van der Waals surface area contributed by atoms with Gasteiger partial charge in [-0.2, -0.15) is 0 Å². The number of rotatable bonds is 20. The van der Waals surface area contributed by atoms with Crippen molar-refractivity contribution in [3.63, 3.8) is 0 Å². The third kappa shape index (κ3) is 26.4. The fourth-order valence-electron chi connectivity index (χ4n) is 21.1. The van der Waals surface area contributed by atoms with E-state index < -0.39 is 11.7 Å². The number of hydrogen-bond donors (Lipinski definition) is 0. The van der Waals surface area contributed by atoms with E-state index in [0.717, 1.165) is 123 Å². The Hall–Kier alpha value is -3.22. The molecule has 0 saturated heterocycles. The predicted octanol–water partition coefficient (Wildman–Crippen LogP) is 28.3. The van der Waals surface area contributed by atoms with Crippen LogP contribution in [0.15, 0.2) is 0 Å². The van der Waals surface area contributed by atoms with E-state index in [2.05, 4.69) is 69.2 Å². The molecule has 0 aromatic rings. The molecule has 670 valence electrons. The molecule has 12 aliphatic carbocycles. The third-order valence-electron chi connectivity index (χ3n) is 31.2. The van der Waals surface area contributed by atoms with Crippen molar-refractivity contribution in [1.82, 2.24) is 0 Å². The number of carbonyl (C=O) groups excluding carboxylic acids is 6. The quantitative estimate of drug-likeness (QED) is 0.0489. The van der Waals surface area contributed by atoms with Gasteiger partial charge in [0.25, 0.3) is 0 Å². The summed E-state index contributed by atoms with van der Waals surface area (Å²) in [5, 5.41) is 0. The van der Waals surface area contributed by atoms with Crippen LogP contribution in [-0.4, -0.2) is 75.7 Å². The van der Waals surface area contributed by atoms with Gasteiger partial charge in [-0.15, -0.1) is 0 Å². The number of esters is 6. The van der Waals surface area contributed by atoms with E-state index in [1.54, 1.807) is 0 Å². The molecule has 12 fully saturated rings. The van der Waals surface area contributed by atoms with Crippen molar-refractivity contribution in [2.24, 2.45) is 120 Å². The highest BCUT2D eigenvalue weighted by Crippen LogP contribution is 2.74. The molecule has 0 heterocycles. The normalized spacial score (nSPS) is 31.6. The van der Waals surface area contributed by atoms with Gasteiger partial charge in [-0.05, 0) is 388 Å². The fraction of sp³-hybridized carbons (Fsp3) is 0.941. The second-order valence-corrected chi connectivity index (χ2v) is 43.7. The first-order valence-electron chi connectivity index (χ1n) is 47.4. The Bertz CT molecular complexity index is 2930. The highest BCUT2D eigenvalue weighted by atomic mass is 16.7. The van der Waals surface area contributed by atoms with Crippen LogP contribution in [0.3, 0.4) is 0 Å². The number of fused-ring (bicyclic) bond motifs is 10. The van der Waals surface area contributed by atoms with Crippen LogP contribution in [0.2, 0.25) is 0 Å². The predicted molar refractivity (Wildman–Crippen MR) is 474 cm³/mol. The van der Waals surface area contributed by atoms with E-state index in [0.29, 0.717) is 23.2 Å². The van der Waals surface area contributed by atoms with Gasteiger partial charge in [0.05, 0.1) is 38.1 Å². The largest absolute Gasteiger partial charge is 0.460 e. The minimum absolute atomic E-state index is 0.000595. The fourth-order valence-corrected chi connectivity index (χ4v) is 21.1. The van der Waals surface area contributed by atoms with Gasteiger partial charge in [-0.25, -0.2) is 0 Å². The molecule has 0 aromatic heterocycles. The molecule has 10 bridgehead atoms. The summed E-state index contributed by atoms with van der Waals surface area (Å²) in [6.07, 6.45) is 31.2. The van der Waals surface area contributed by atoms with E-state index in [1.807, 2.05) is 208 Å². The Morgan fingerprint density at radius 1 is 0.386 bits per heavy atom. The van der Waals surface area contributed by atoms with Crippen molar-refractivity contribution < 1.29 is 61.9 Å². The van der Waals surface area contributed by atoms with Gasteiger partial charge in [0, 0.05) is 11.8 Å². The standard InChI is InChI=1S/C21H36O2.C19H30O2.C18H30O3.C13H24O2.C12H24O2.C10H20O2.4C2H6/c1-8-18(3,4)17(22)23-20(7)11-12-21-13-16(20)19(5,6)15(21)10-9-14(21)2;1-5-18(2,3)17(20)21-19(4)10-13-9-14(19)16-12-7-6-11(8-12)15(13)16;1-5-17(3,4)16(19)20-12(2)21-18-9-13-6-14(10-18)8-15(7-13)11-18;1-5-12(2,3)11(14)15-13(4)9-7-6-8-10-13;1-8-11(4,5)10(13)14-12(6,7)9(2)3;1-7-10(5,6)8(11)12-9(2,3)4;4*1-2/h14-16H,8-13H2,1-7H3;11-16H,5-10H2,1-4H3;12-15H,5-11H2,1-4H3;5-10H2,1-4H3;9H,8H2,1-7H3;7H2,1-6H3;4*1-2H3. The molecule has 12 rings (SSSR count). The van der Waals surface area contributed by atoms with Gasteiger partial charge >= 0.3 is 35.8 Å². The third-order valence-corrected chi connectivity index (χ3v) is 31.2. The lowest BCUT2D eigenvalue weighted by molar-refractivity contribution is -0.248. The summed E-state index contributed by atoms with van der Waals surface area (Å²) in [5.74, 6) is 10.0. The van der Waals surface area contributed by atoms with Gasteiger partial charge in [0.2, 0.25) is 6.29 Å². The maximum atomic E-state index is 12.7. The Balaban J connectivity index is 0.000000462. The molecule has 0 N–H and O–H groups in total. The second-order valence-electron chi connectivity index (χ2n) is 43.7. The van der Waals surface area contributed by atoms with Crippen LogP contribution in [0.4, 0.5) is 0 Å². The summed E-state index contributed by atoms with van der Waals surface area (Å²) in [6.45, 7) is 81.2. The lowest BCUT2D eigenvalue weighted by Crippen LogP contribution is -2.53. The average Bonchev–Trinajstić information content (AvgIpc) is 1.53. The molecule has 12 aliphatic rings. The maximum absolute atomic E-state index is 12.7. The van der Waals surface area contributed by atoms with Gasteiger partial charge < -0.3 is 33.2 Å². The van der Waals surface area contributed by atoms with Crippen LogP contribution in [0.1, 0.15) is 450 Å². The molecule has 13 atom stereocenters. The van der Waals surface area contributed by atoms with Crippen molar-refractivity contribution in [1.29, 1.82) is 0 Å². The first kappa shape index (κ1) is 107. The highest BCUT2D eigenvalue weighted by Gasteiger charge is 2.70. The monoisotopic (exact) mass is 1610 g/mol. The molecule has 13 unspecified atom stereocenters. The van der Waals surface area contributed by atoms with Crippen LogP contribution >= 0.6 is 0 Å². The Kier molecular flexibility index (Phi) is 39.9. The van der Waals surface area contributed by atoms with Gasteiger partial charge in [-0.3, -0.25) is 28.8 Å². The molecule has 0 amide bonds. The van der Waals surface area contributed by atoms with Gasteiger partial charge in [-0.1, -0.05) is 138 Å². The Labute approximate surface area is 704 Å². The van der Waals surface area contributed by atoms with Crippen molar-refractivity contribution >= 4 is 35.8 Å². The summed E-state index contributed by atoms with van der Waals surface area (Å²) >= 11 is 0. The molecule has 12 saturated carbocycles. The molecular formula is C101H188O13. The maximum Gasteiger partial charge on any atom is 0.313 e. The molecule has 0 radical (unpaired) electrons. The van der Waals surface area contributed by atoms with Gasteiger partial charge in [0.1, 0.15) is 28.0 Å². The summed E-state index contributed by atoms with van der Waals surface area (Å²) in [6, 6.07) is 0. The molecule has 13 nitrogen and oxygen atoms in total. The summed E-state index contributed by atoms with van der Waals surface area (Å²) < 4.78 is 40.8. The molecule has 1 spiro atoms. The van der Waals surface area contributed by atoms with E-state index in [9.17, 15) is 28.8 Å². The second kappa shape index (κ2) is 42.5. The SMILES string of the molecule is CC.CC.CC.CC.CCC(C)(C)C(=O)OC(C)(C)C.CCC(C)(C)C(=O)OC(C)(C)C(C)C.CCC(C)(C)C(=O)OC(C)OC12CC3CC(CC(C3)C1)C2.CCC(C)(C)C(=O)OC1(C)CC2CC1C1C3CCC(C3)C21.CCC(C)(C)C(=O)OC1(C)CCC23CC1C(C)(C)C2CCC3C.CCC(C)(C)C(=O)OC1(C)CCCCC1. The zero-order valence-corrected chi connectivity index (χ0v) is 82.5. The van der Waals surface area contributed by atoms with Crippen molar-refractivity contribution in [2.45, 2.75) is 490 Å². The number of carbonyl (C=O) groups is 6. The Morgan fingerprint density at radius 2 is 0.772 bits per heavy atom. The van der Waals surface area contributed by atoms with Crippen LogP contribution < -0.4 is 0 Å². The van der Waals surface area contributed by atoms with Crippen molar-refractivity contribution in [2.75, 3.05) is 0 Å². The summed E-state index contributed by atoms with van der Waals surface area (Å²) in [4.78, 5) is 72.7. The summed E-state index contributed by atoms with van der Waals surface area (Å²) in [5.41, 5.74) is -2.74. The number of ether oxygens (including phenoxy) is 7. The first-order chi connectivity index (χ1) is 52.4.